The lowest BCUT2D eigenvalue weighted by Crippen LogP contribution is -2.23. The number of carbonyl (C=O) groups is 1. The quantitative estimate of drug-likeness (QED) is 0.210. The number of nitrogens with zero attached hydrogens (tertiary/aromatic N) is 2. The zero-order valence-electron chi connectivity index (χ0n) is 20.3. The van der Waals surface area contributed by atoms with Gasteiger partial charge in [0, 0.05) is 17.6 Å². The van der Waals surface area contributed by atoms with Crippen LogP contribution in [-0.2, 0) is 17.6 Å². The number of halogens is 1. The molecule has 0 N–H and O–H groups in total. The van der Waals surface area contributed by atoms with Crippen molar-refractivity contribution in [2.75, 3.05) is 6.61 Å². The Morgan fingerprint density at radius 2 is 1.57 bits per heavy atom. The molecule has 5 rings (SSSR count). The van der Waals surface area contributed by atoms with Crippen LogP contribution >= 0.6 is 22.9 Å². The minimum absolute atomic E-state index is 0.0132. The summed E-state index contributed by atoms with van der Waals surface area (Å²) in [4.78, 5) is 31.7. The summed E-state index contributed by atoms with van der Waals surface area (Å²) < 4.78 is 7.24. The van der Waals surface area contributed by atoms with E-state index in [0.717, 1.165) is 32.9 Å². The molecule has 0 aliphatic heterocycles. The monoisotopic (exact) mass is 528 g/mol. The number of hydrogen-bond donors (Lipinski definition) is 0. The molecule has 0 bridgehead atoms. The van der Waals surface area contributed by atoms with Gasteiger partial charge in [-0.25, -0.2) is 9.78 Å². The third kappa shape index (κ3) is 5.36. The summed E-state index contributed by atoms with van der Waals surface area (Å²) in [6.45, 7) is 1.91. The Balaban J connectivity index is 1.67. The molecule has 37 heavy (non-hydrogen) atoms. The Morgan fingerprint density at radius 3 is 2.16 bits per heavy atom. The van der Waals surface area contributed by atoms with E-state index in [1.54, 1.807) is 13.1 Å². The van der Waals surface area contributed by atoms with Crippen molar-refractivity contribution in [2.24, 2.45) is 0 Å². The lowest BCUT2D eigenvalue weighted by Gasteiger charge is -2.23. The highest BCUT2D eigenvalue weighted by atomic mass is 35.5. The molecule has 2 aromatic heterocycles. The molecule has 0 saturated carbocycles. The van der Waals surface area contributed by atoms with E-state index >= 15 is 0 Å². The standard InChI is InChI=1S/C30H25ClN2O3S/c1-2-36-30(35)24-19-33(27(21-9-5-3-6-10-21)22-11-7-4-8-12-22)29-26(28(24)34)32-25(37-29)18-15-20-13-16-23(31)17-14-20/h3-14,16-17,19,27H,2,15,18H2,1H3. The summed E-state index contributed by atoms with van der Waals surface area (Å²) in [5.74, 6) is -0.640. The number of esters is 1. The molecule has 0 radical (unpaired) electrons. The predicted molar refractivity (Wildman–Crippen MR) is 149 cm³/mol. The second-order valence-electron chi connectivity index (χ2n) is 8.61. The number of ether oxygens (including phenoxy) is 1. The third-order valence-corrected chi connectivity index (χ3v) is 7.54. The van der Waals surface area contributed by atoms with Crippen molar-refractivity contribution in [2.45, 2.75) is 25.8 Å². The smallest absolute Gasteiger partial charge is 0.343 e. The Kier molecular flexibility index (Phi) is 7.49. The Hall–Kier alpha value is -3.74. The second-order valence-corrected chi connectivity index (χ2v) is 10.1. The number of rotatable bonds is 8. The average Bonchev–Trinajstić information content (AvgIpc) is 3.36. The minimum atomic E-state index is -0.640. The maximum Gasteiger partial charge on any atom is 0.343 e. The van der Waals surface area contributed by atoms with Crippen LogP contribution in [0.1, 0.15) is 45.0 Å². The first kappa shape index (κ1) is 24.9. The van der Waals surface area contributed by atoms with Gasteiger partial charge in [0.05, 0.1) is 17.7 Å². The van der Waals surface area contributed by atoms with E-state index < -0.39 is 11.4 Å². The SMILES string of the molecule is CCOC(=O)c1cn(C(c2ccccc2)c2ccccc2)c2sc(CCc3ccc(Cl)cc3)nc2c1=O. The topological polar surface area (TPSA) is 61.2 Å². The van der Waals surface area contributed by atoms with E-state index in [1.165, 1.54) is 11.3 Å². The summed E-state index contributed by atoms with van der Waals surface area (Å²) in [5, 5.41) is 1.52. The van der Waals surface area contributed by atoms with E-state index in [2.05, 4.69) is 0 Å². The van der Waals surface area contributed by atoms with Crippen LogP contribution in [0, 0.1) is 0 Å². The van der Waals surface area contributed by atoms with E-state index in [-0.39, 0.29) is 18.2 Å². The molecule has 0 unspecified atom stereocenters. The maximum absolute atomic E-state index is 13.4. The summed E-state index contributed by atoms with van der Waals surface area (Å²) in [7, 11) is 0. The first-order valence-electron chi connectivity index (χ1n) is 12.1. The van der Waals surface area contributed by atoms with Crippen molar-refractivity contribution < 1.29 is 9.53 Å². The molecular formula is C30H25ClN2O3S. The van der Waals surface area contributed by atoms with Crippen LogP contribution in [-0.4, -0.2) is 22.1 Å². The van der Waals surface area contributed by atoms with Gasteiger partial charge in [-0.05, 0) is 42.2 Å². The molecule has 3 aromatic carbocycles. The van der Waals surface area contributed by atoms with Crippen molar-refractivity contribution in [1.82, 2.24) is 9.55 Å². The molecular weight excluding hydrogens is 504 g/mol. The molecule has 0 amide bonds. The Labute approximate surface area is 224 Å². The van der Waals surface area contributed by atoms with Gasteiger partial charge in [-0.2, -0.15) is 0 Å². The van der Waals surface area contributed by atoms with E-state index in [1.807, 2.05) is 89.5 Å². The summed E-state index contributed by atoms with van der Waals surface area (Å²) in [6.07, 6.45) is 3.06. The molecule has 0 fully saturated rings. The zero-order valence-corrected chi connectivity index (χ0v) is 21.8. The number of hydrogen-bond acceptors (Lipinski definition) is 5. The number of benzene rings is 3. The lowest BCUT2D eigenvalue weighted by atomic mass is 9.98. The third-order valence-electron chi connectivity index (χ3n) is 6.16. The number of aryl methyl sites for hydroxylation is 2. The van der Waals surface area contributed by atoms with Gasteiger partial charge in [0.1, 0.15) is 15.9 Å². The number of fused-ring (bicyclic) bond motifs is 1. The highest BCUT2D eigenvalue weighted by Crippen LogP contribution is 2.32. The van der Waals surface area contributed by atoms with Crippen molar-refractivity contribution in [3.8, 4) is 0 Å². The molecule has 186 valence electrons. The van der Waals surface area contributed by atoms with Crippen LogP contribution in [0.4, 0.5) is 0 Å². The zero-order chi connectivity index (χ0) is 25.8. The van der Waals surface area contributed by atoms with Gasteiger partial charge in [-0.15, -0.1) is 11.3 Å². The van der Waals surface area contributed by atoms with Crippen molar-refractivity contribution >= 4 is 39.3 Å². The first-order chi connectivity index (χ1) is 18.0. The molecule has 7 heteroatoms. The highest BCUT2D eigenvalue weighted by Gasteiger charge is 2.25. The van der Waals surface area contributed by atoms with Crippen molar-refractivity contribution in [3.63, 3.8) is 0 Å². The van der Waals surface area contributed by atoms with Crippen LogP contribution in [0.2, 0.25) is 5.02 Å². The van der Waals surface area contributed by atoms with Gasteiger partial charge in [0.2, 0.25) is 5.43 Å². The van der Waals surface area contributed by atoms with Gasteiger partial charge in [0.25, 0.3) is 0 Å². The summed E-state index contributed by atoms with van der Waals surface area (Å²) >= 11 is 7.51. The highest BCUT2D eigenvalue weighted by molar-refractivity contribution is 7.18. The maximum atomic E-state index is 13.4. The molecule has 5 nitrogen and oxygen atoms in total. The number of pyridine rings is 1. The number of thiazole rings is 1. The largest absolute Gasteiger partial charge is 0.462 e. The predicted octanol–water partition coefficient (Wildman–Crippen LogP) is 6.71. The average molecular weight is 529 g/mol. The van der Waals surface area contributed by atoms with Gasteiger partial charge >= 0.3 is 5.97 Å². The van der Waals surface area contributed by atoms with Crippen LogP contribution in [0.15, 0.2) is 95.9 Å². The molecule has 5 aromatic rings. The van der Waals surface area contributed by atoms with Gasteiger partial charge in [-0.1, -0.05) is 84.4 Å². The first-order valence-corrected chi connectivity index (χ1v) is 13.3. The number of carbonyl (C=O) groups excluding carboxylic acids is 1. The second kappa shape index (κ2) is 11.1. The molecule has 0 saturated heterocycles. The van der Waals surface area contributed by atoms with Gasteiger partial charge < -0.3 is 9.30 Å². The molecule has 0 aliphatic carbocycles. The fourth-order valence-electron chi connectivity index (χ4n) is 4.40. The van der Waals surface area contributed by atoms with Gasteiger partial charge in [-0.3, -0.25) is 4.79 Å². The van der Waals surface area contributed by atoms with Crippen LogP contribution < -0.4 is 5.43 Å². The van der Waals surface area contributed by atoms with Gasteiger partial charge in [0.15, 0.2) is 0 Å². The fourth-order valence-corrected chi connectivity index (χ4v) is 5.59. The van der Waals surface area contributed by atoms with Crippen molar-refractivity contribution in [3.05, 3.63) is 134 Å². The Bertz CT molecular complexity index is 1540. The molecule has 0 spiro atoms. The van der Waals surface area contributed by atoms with E-state index in [0.29, 0.717) is 17.0 Å². The van der Waals surface area contributed by atoms with Crippen LogP contribution in [0.3, 0.4) is 0 Å². The van der Waals surface area contributed by atoms with E-state index in [4.69, 9.17) is 21.3 Å². The molecule has 2 heterocycles. The fraction of sp³-hybridized carbons (Fsp3) is 0.167. The summed E-state index contributed by atoms with van der Waals surface area (Å²) in [6, 6.07) is 27.6. The van der Waals surface area contributed by atoms with E-state index in [9.17, 15) is 9.59 Å². The van der Waals surface area contributed by atoms with Crippen LogP contribution in [0.25, 0.3) is 10.3 Å². The molecule has 0 atom stereocenters. The lowest BCUT2D eigenvalue weighted by molar-refractivity contribution is 0.0524. The molecule has 0 aliphatic rings. The number of aromatic nitrogens is 2. The normalized spacial score (nSPS) is 11.2. The Morgan fingerprint density at radius 1 is 0.946 bits per heavy atom. The van der Waals surface area contributed by atoms with Crippen molar-refractivity contribution in [1.29, 1.82) is 0 Å². The minimum Gasteiger partial charge on any atom is -0.462 e. The van der Waals surface area contributed by atoms with Crippen LogP contribution in [0.5, 0.6) is 0 Å². The summed E-state index contributed by atoms with van der Waals surface area (Å²) in [5.41, 5.74) is 3.07.